The number of hydrogen-bond acceptors (Lipinski definition) is 2. The first-order valence-corrected chi connectivity index (χ1v) is 3.88. The lowest BCUT2D eigenvalue weighted by molar-refractivity contribution is -0.118. The zero-order valence-corrected chi connectivity index (χ0v) is 7.03. The first-order valence-electron chi connectivity index (χ1n) is 3.88. The summed E-state index contributed by atoms with van der Waals surface area (Å²) in [6.45, 7) is 1.78. The van der Waals surface area contributed by atoms with Crippen LogP contribution in [0.25, 0.3) is 0 Å². The Balaban J connectivity index is 2.78. The minimum absolute atomic E-state index is 0.0822. The molecule has 3 nitrogen and oxygen atoms in total. The quantitative estimate of drug-likeness (QED) is 0.407. The van der Waals surface area contributed by atoms with Gasteiger partial charge in [-0.1, -0.05) is 25.1 Å². The fourth-order valence-electron chi connectivity index (χ4n) is 0.903. The summed E-state index contributed by atoms with van der Waals surface area (Å²) in [4.78, 5) is 11.1. The summed E-state index contributed by atoms with van der Waals surface area (Å²) in [7, 11) is 0. The van der Waals surface area contributed by atoms with Gasteiger partial charge in [0, 0.05) is 6.42 Å². The smallest absolute Gasteiger partial charge is 0.240 e. The van der Waals surface area contributed by atoms with Crippen LogP contribution in [0.3, 0.4) is 0 Å². The second-order valence-corrected chi connectivity index (χ2v) is 2.45. The number of nitrogens with two attached hydrogens (primary N) is 1. The van der Waals surface area contributed by atoms with Crippen LogP contribution in [0.5, 0.6) is 0 Å². The number of rotatable bonds is 2. The van der Waals surface area contributed by atoms with Crippen molar-refractivity contribution in [1.29, 1.82) is 0 Å². The summed E-state index contributed by atoms with van der Waals surface area (Å²) in [5, 5.41) is 1.17. The van der Waals surface area contributed by atoms with Crippen molar-refractivity contribution in [3.8, 4) is 0 Å². The summed E-state index contributed by atoms with van der Waals surface area (Å²) < 4.78 is 0. The van der Waals surface area contributed by atoms with Gasteiger partial charge in [-0.15, -0.1) is 0 Å². The maximum Gasteiger partial charge on any atom is 0.240 e. The van der Waals surface area contributed by atoms with E-state index in [4.69, 9.17) is 5.84 Å². The lowest BCUT2D eigenvalue weighted by atomic mass is 10.3. The van der Waals surface area contributed by atoms with Crippen molar-refractivity contribution < 1.29 is 4.79 Å². The molecule has 12 heavy (non-hydrogen) atoms. The lowest BCUT2D eigenvalue weighted by Crippen LogP contribution is -2.36. The first kappa shape index (κ1) is 8.74. The molecule has 3 heteroatoms. The first-order chi connectivity index (χ1) is 5.75. The standard InChI is InChI=1S/C9H12N2O/c1-2-9(12)11(10)8-6-4-3-5-7-8/h3-7H,2,10H2,1H3. The van der Waals surface area contributed by atoms with E-state index in [0.29, 0.717) is 6.42 Å². The van der Waals surface area contributed by atoms with Crippen LogP contribution in [-0.2, 0) is 4.79 Å². The highest BCUT2D eigenvalue weighted by molar-refractivity contribution is 5.91. The van der Waals surface area contributed by atoms with Crippen LogP contribution in [0, 0.1) is 0 Å². The average molecular weight is 164 g/mol. The maximum absolute atomic E-state index is 11.1. The van der Waals surface area contributed by atoms with Gasteiger partial charge in [-0.25, -0.2) is 10.9 Å². The van der Waals surface area contributed by atoms with Gasteiger partial charge in [-0.3, -0.25) is 4.79 Å². The van der Waals surface area contributed by atoms with Crippen LogP contribution < -0.4 is 10.9 Å². The number of benzene rings is 1. The summed E-state index contributed by atoms with van der Waals surface area (Å²) in [6.07, 6.45) is 0.422. The molecule has 2 N–H and O–H groups in total. The molecule has 0 atom stereocenters. The van der Waals surface area contributed by atoms with Crippen molar-refractivity contribution in [1.82, 2.24) is 0 Å². The topological polar surface area (TPSA) is 46.3 Å². The van der Waals surface area contributed by atoms with Crippen LogP contribution >= 0.6 is 0 Å². The molecule has 0 saturated heterocycles. The number of nitrogens with zero attached hydrogens (tertiary/aromatic N) is 1. The number of carbonyl (C=O) groups is 1. The molecule has 0 saturated carbocycles. The molecule has 0 fully saturated rings. The summed E-state index contributed by atoms with van der Waals surface area (Å²) >= 11 is 0. The van der Waals surface area contributed by atoms with E-state index in [0.717, 1.165) is 5.69 Å². The third-order valence-electron chi connectivity index (χ3n) is 1.61. The second kappa shape index (κ2) is 3.88. The summed E-state index contributed by atoms with van der Waals surface area (Å²) in [5.41, 5.74) is 0.726. The van der Waals surface area contributed by atoms with Crippen molar-refractivity contribution in [2.24, 2.45) is 5.84 Å². The third kappa shape index (κ3) is 1.83. The minimum atomic E-state index is -0.0822. The van der Waals surface area contributed by atoms with E-state index in [9.17, 15) is 4.79 Å². The van der Waals surface area contributed by atoms with Crippen LogP contribution in [0.1, 0.15) is 13.3 Å². The molecule has 0 radical (unpaired) electrons. The van der Waals surface area contributed by atoms with Gasteiger partial charge >= 0.3 is 0 Å². The van der Waals surface area contributed by atoms with Crippen LogP contribution in [0.15, 0.2) is 30.3 Å². The van der Waals surface area contributed by atoms with Crippen molar-refractivity contribution in [3.63, 3.8) is 0 Å². The van der Waals surface area contributed by atoms with E-state index in [1.54, 1.807) is 19.1 Å². The van der Waals surface area contributed by atoms with Gasteiger partial charge in [-0.2, -0.15) is 0 Å². The number of hydrazine groups is 1. The Morgan fingerprint density at radius 1 is 1.42 bits per heavy atom. The van der Waals surface area contributed by atoms with Crippen molar-refractivity contribution >= 4 is 11.6 Å². The number of para-hydroxylation sites is 1. The van der Waals surface area contributed by atoms with E-state index in [1.165, 1.54) is 5.01 Å². The number of anilines is 1. The van der Waals surface area contributed by atoms with E-state index < -0.39 is 0 Å². The van der Waals surface area contributed by atoms with Crippen LogP contribution in [-0.4, -0.2) is 5.91 Å². The monoisotopic (exact) mass is 164 g/mol. The minimum Gasteiger partial charge on any atom is -0.273 e. The SMILES string of the molecule is CCC(=O)N(N)c1ccccc1. The molecule has 1 amide bonds. The normalized spacial score (nSPS) is 9.50. The largest absolute Gasteiger partial charge is 0.273 e. The number of hydrogen-bond donors (Lipinski definition) is 1. The van der Waals surface area contributed by atoms with E-state index in [2.05, 4.69) is 0 Å². The molecule has 0 bridgehead atoms. The Morgan fingerprint density at radius 2 is 2.00 bits per heavy atom. The predicted octanol–water partition coefficient (Wildman–Crippen LogP) is 1.30. The van der Waals surface area contributed by atoms with Crippen molar-refractivity contribution in [3.05, 3.63) is 30.3 Å². The van der Waals surface area contributed by atoms with Crippen molar-refractivity contribution in [2.75, 3.05) is 5.01 Å². The predicted molar refractivity (Wildman–Crippen MR) is 48.4 cm³/mol. The summed E-state index contributed by atoms with van der Waals surface area (Å²) in [5.74, 6) is 5.45. The van der Waals surface area contributed by atoms with E-state index >= 15 is 0 Å². The highest BCUT2D eigenvalue weighted by Gasteiger charge is 2.07. The molecule has 0 unspecified atom stereocenters. The second-order valence-electron chi connectivity index (χ2n) is 2.45. The van der Waals surface area contributed by atoms with E-state index in [-0.39, 0.29) is 5.91 Å². The average Bonchev–Trinajstić information content (AvgIpc) is 2.17. The highest BCUT2D eigenvalue weighted by Crippen LogP contribution is 2.09. The molecule has 0 heterocycles. The van der Waals surface area contributed by atoms with Gasteiger partial charge in [0.15, 0.2) is 0 Å². The fraction of sp³-hybridized carbons (Fsp3) is 0.222. The molecule has 0 aliphatic carbocycles. The third-order valence-corrected chi connectivity index (χ3v) is 1.61. The zero-order valence-electron chi connectivity index (χ0n) is 7.03. The van der Waals surface area contributed by atoms with Crippen molar-refractivity contribution in [2.45, 2.75) is 13.3 Å². The maximum atomic E-state index is 11.1. The number of carbonyl (C=O) groups excluding carboxylic acids is 1. The summed E-state index contributed by atoms with van der Waals surface area (Å²) in [6, 6.07) is 9.17. The van der Waals surface area contributed by atoms with Gasteiger partial charge in [0.05, 0.1) is 5.69 Å². The van der Waals surface area contributed by atoms with Gasteiger partial charge in [0.1, 0.15) is 0 Å². The van der Waals surface area contributed by atoms with Gasteiger partial charge in [0.25, 0.3) is 0 Å². The number of amides is 1. The molecule has 0 aromatic heterocycles. The molecular formula is C9H12N2O. The zero-order chi connectivity index (χ0) is 8.97. The molecule has 0 aliphatic heterocycles. The van der Waals surface area contributed by atoms with Crippen LogP contribution in [0.2, 0.25) is 0 Å². The molecule has 64 valence electrons. The van der Waals surface area contributed by atoms with Gasteiger partial charge < -0.3 is 0 Å². The molecular weight excluding hydrogens is 152 g/mol. The van der Waals surface area contributed by atoms with Gasteiger partial charge in [-0.05, 0) is 12.1 Å². The molecule has 1 aromatic rings. The Bertz CT molecular complexity index is 258. The fourth-order valence-corrected chi connectivity index (χ4v) is 0.903. The Labute approximate surface area is 71.8 Å². The molecule has 0 spiro atoms. The lowest BCUT2D eigenvalue weighted by Gasteiger charge is -2.14. The van der Waals surface area contributed by atoms with E-state index in [1.807, 2.05) is 18.2 Å². The molecule has 1 rings (SSSR count). The Kier molecular flexibility index (Phi) is 2.82. The molecule has 0 aliphatic rings. The Morgan fingerprint density at radius 3 is 2.50 bits per heavy atom. The highest BCUT2D eigenvalue weighted by atomic mass is 16.2. The Hall–Kier alpha value is -1.35. The van der Waals surface area contributed by atoms with Crippen LogP contribution in [0.4, 0.5) is 5.69 Å². The van der Waals surface area contributed by atoms with Gasteiger partial charge in [0.2, 0.25) is 5.91 Å². The molecule has 1 aromatic carbocycles.